The molecule has 0 bridgehead atoms. The number of Topliss-reactive ketones (excluding diaryl/α,β-unsaturated/α-hetero) is 1. The lowest BCUT2D eigenvalue weighted by Gasteiger charge is -2.59. The molecule has 0 aromatic heterocycles. The third-order valence-electron chi connectivity index (χ3n) is 8.83. The molecule has 0 amide bonds. The van der Waals surface area contributed by atoms with Crippen LogP contribution in [0.3, 0.4) is 0 Å². The van der Waals surface area contributed by atoms with Gasteiger partial charge in [0.2, 0.25) is 0 Å². The summed E-state index contributed by atoms with van der Waals surface area (Å²) in [7, 11) is 0. The van der Waals surface area contributed by atoms with Crippen molar-refractivity contribution in [1.82, 2.24) is 0 Å². The number of ketones is 1. The second-order valence-electron chi connectivity index (χ2n) is 9.89. The van der Waals surface area contributed by atoms with Gasteiger partial charge in [-0.3, -0.25) is 9.59 Å². The van der Waals surface area contributed by atoms with Gasteiger partial charge in [-0.1, -0.05) is 6.92 Å². The Hall–Kier alpha value is -0.970. The first-order valence-corrected chi connectivity index (χ1v) is 10.8. The quantitative estimate of drug-likeness (QED) is 0.756. The second-order valence-corrected chi connectivity index (χ2v) is 9.89. The number of hydrogen-bond acceptors (Lipinski definition) is 4. The summed E-state index contributed by atoms with van der Waals surface area (Å²) >= 11 is 0. The maximum absolute atomic E-state index is 16.5. The number of ether oxygens (including phenoxy) is 1. The van der Waals surface area contributed by atoms with Gasteiger partial charge in [-0.15, -0.1) is 0 Å². The van der Waals surface area contributed by atoms with Crippen LogP contribution in [0, 0.1) is 35.0 Å². The topological polar surface area (TPSA) is 63.6 Å². The number of rotatable bonds is 3. The minimum Gasteiger partial charge on any atom is -0.463 e. The first kappa shape index (κ1) is 19.4. The van der Waals surface area contributed by atoms with E-state index in [1.807, 2.05) is 0 Å². The van der Waals surface area contributed by atoms with Crippen molar-refractivity contribution in [3.63, 3.8) is 0 Å². The molecular formula is C22H33FO4. The Kier molecular flexibility index (Phi) is 4.89. The van der Waals surface area contributed by atoms with E-state index in [4.69, 9.17) is 4.74 Å². The molecule has 8 atom stereocenters. The minimum atomic E-state index is -1.13. The molecule has 4 aliphatic carbocycles. The molecule has 152 valence electrons. The van der Waals surface area contributed by atoms with Crippen molar-refractivity contribution in [3.05, 3.63) is 0 Å². The van der Waals surface area contributed by atoms with Gasteiger partial charge in [-0.05, 0) is 86.9 Å². The number of carbonyl (C=O) groups is 2. The lowest BCUT2D eigenvalue weighted by molar-refractivity contribution is -0.169. The second kappa shape index (κ2) is 6.82. The highest BCUT2D eigenvalue weighted by atomic mass is 19.1. The summed E-state index contributed by atoms with van der Waals surface area (Å²) < 4.78 is 21.9. The fourth-order valence-corrected chi connectivity index (χ4v) is 7.71. The Balaban J connectivity index is 1.53. The zero-order valence-electron chi connectivity index (χ0n) is 16.6. The van der Waals surface area contributed by atoms with Crippen molar-refractivity contribution >= 4 is 11.8 Å². The maximum Gasteiger partial charge on any atom is 0.302 e. The van der Waals surface area contributed by atoms with E-state index in [1.54, 1.807) is 0 Å². The molecule has 0 heterocycles. The molecule has 0 aromatic rings. The summed E-state index contributed by atoms with van der Waals surface area (Å²) in [5, 5.41) is 9.37. The normalized spacial score (nSPS) is 48.9. The lowest BCUT2D eigenvalue weighted by atomic mass is 9.48. The van der Waals surface area contributed by atoms with E-state index < -0.39 is 5.67 Å². The largest absolute Gasteiger partial charge is 0.463 e. The molecule has 0 saturated heterocycles. The van der Waals surface area contributed by atoms with E-state index in [-0.39, 0.29) is 53.6 Å². The zero-order chi connectivity index (χ0) is 19.4. The molecule has 4 nitrogen and oxygen atoms in total. The molecule has 0 unspecified atom stereocenters. The highest BCUT2D eigenvalue weighted by Crippen LogP contribution is 2.66. The number of fused-ring (bicyclic) bond motifs is 5. The number of halogens is 1. The Morgan fingerprint density at radius 2 is 1.74 bits per heavy atom. The number of alkyl halides is 1. The fourth-order valence-electron chi connectivity index (χ4n) is 7.71. The first-order chi connectivity index (χ1) is 12.8. The predicted molar refractivity (Wildman–Crippen MR) is 98.6 cm³/mol. The van der Waals surface area contributed by atoms with Gasteiger partial charge in [0.05, 0.1) is 0 Å². The number of aliphatic hydroxyl groups is 1. The molecule has 4 saturated carbocycles. The Morgan fingerprint density at radius 3 is 2.44 bits per heavy atom. The standard InChI is InChI=1S/C22H33FO4/c1-13(25)27-15-4-6-16-14(11-15)3-5-18-17-7-8-19(20(26)12-24)21(17,2)9-10-22(16,18)23/h14-19,24H,3-12H2,1-2H3/t14-,15-,16-,17-,18-,19+,21-,22-/m0/s1. The third kappa shape index (κ3) is 2.95. The van der Waals surface area contributed by atoms with E-state index in [1.165, 1.54) is 6.92 Å². The van der Waals surface area contributed by atoms with Crippen LogP contribution in [-0.2, 0) is 14.3 Å². The molecule has 0 aliphatic heterocycles. The smallest absolute Gasteiger partial charge is 0.302 e. The Bertz CT molecular complexity index is 621. The maximum atomic E-state index is 16.5. The fraction of sp³-hybridized carbons (Fsp3) is 0.909. The van der Waals surface area contributed by atoms with Crippen LogP contribution in [0.15, 0.2) is 0 Å². The van der Waals surface area contributed by atoms with Crippen LogP contribution in [0.2, 0.25) is 0 Å². The third-order valence-corrected chi connectivity index (χ3v) is 8.83. The van der Waals surface area contributed by atoms with E-state index >= 15 is 4.39 Å². The van der Waals surface area contributed by atoms with Crippen LogP contribution in [-0.4, -0.2) is 35.2 Å². The number of aliphatic hydroxyl groups excluding tert-OH is 1. The summed E-state index contributed by atoms with van der Waals surface area (Å²) in [6, 6.07) is 0. The van der Waals surface area contributed by atoms with Crippen molar-refractivity contribution in [2.75, 3.05) is 6.61 Å². The highest BCUT2D eigenvalue weighted by molar-refractivity contribution is 5.83. The van der Waals surface area contributed by atoms with Crippen molar-refractivity contribution in [1.29, 1.82) is 0 Å². The average molecular weight is 381 g/mol. The molecular weight excluding hydrogens is 347 g/mol. The van der Waals surface area contributed by atoms with Gasteiger partial charge in [-0.2, -0.15) is 0 Å². The molecule has 4 rings (SSSR count). The summed E-state index contributed by atoms with van der Waals surface area (Å²) in [6.07, 6.45) is 7.22. The van der Waals surface area contributed by atoms with Crippen LogP contribution in [0.1, 0.15) is 71.6 Å². The van der Waals surface area contributed by atoms with Gasteiger partial charge >= 0.3 is 5.97 Å². The van der Waals surface area contributed by atoms with E-state index in [0.717, 1.165) is 51.4 Å². The van der Waals surface area contributed by atoms with Gasteiger partial charge in [0.1, 0.15) is 18.4 Å². The molecule has 5 heteroatoms. The van der Waals surface area contributed by atoms with Crippen molar-refractivity contribution in [3.8, 4) is 0 Å². The molecule has 1 N–H and O–H groups in total. The Morgan fingerprint density at radius 1 is 1.04 bits per heavy atom. The monoisotopic (exact) mass is 380 g/mol. The van der Waals surface area contributed by atoms with Crippen molar-refractivity contribution < 1.29 is 23.8 Å². The molecule has 0 aromatic carbocycles. The van der Waals surface area contributed by atoms with Crippen LogP contribution in [0.5, 0.6) is 0 Å². The summed E-state index contributed by atoms with van der Waals surface area (Å²) in [6.45, 7) is 3.23. The van der Waals surface area contributed by atoms with E-state index in [9.17, 15) is 14.7 Å². The minimum absolute atomic E-state index is 0.0410. The molecule has 0 radical (unpaired) electrons. The molecule has 0 spiro atoms. The lowest BCUT2D eigenvalue weighted by Crippen LogP contribution is -2.58. The van der Waals surface area contributed by atoms with Crippen molar-refractivity contribution in [2.45, 2.75) is 83.4 Å². The van der Waals surface area contributed by atoms with Gasteiger partial charge in [0.25, 0.3) is 0 Å². The number of carbonyl (C=O) groups excluding carboxylic acids is 2. The number of hydrogen-bond donors (Lipinski definition) is 1. The van der Waals surface area contributed by atoms with Gasteiger partial charge in [0.15, 0.2) is 5.78 Å². The van der Waals surface area contributed by atoms with Crippen LogP contribution in [0.25, 0.3) is 0 Å². The summed E-state index contributed by atoms with van der Waals surface area (Å²) in [5.74, 6) is 0.283. The average Bonchev–Trinajstić information content (AvgIpc) is 2.97. The van der Waals surface area contributed by atoms with Crippen LogP contribution >= 0.6 is 0 Å². The van der Waals surface area contributed by atoms with Crippen molar-refractivity contribution in [2.24, 2.45) is 35.0 Å². The van der Waals surface area contributed by atoms with Gasteiger partial charge < -0.3 is 9.84 Å². The van der Waals surface area contributed by atoms with Crippen LogP contribution < -0.4 is 0 Å². The summed E-state index contributed by atoms with van der Waals surface area (Å²) in [5.41, 5.74) is -1.28. The van der Waals surface area contributed by atoms with Gasteiger partial charge in [0, 0.05) is 12.8 Å². The van der Waals surface area contributed by atoms with E-state index in [0.29, 0.717) is 12.3 Å². The Labute approximate surface area is 161 Å². The van der Waals surface area contributed by atoms with Crippen LogP contribution in [0.4, 0.5) is 4.39 Å². The predicted octanol–water partition coefficient (Wildman–Crippen LogP) is 3.84. The highest BCUT2D eigenvalue weighted by Gasteiger charge is 2.64. The zero-order valence-corrected chi connectivity index (χ0v) is 16.6. The molecule has 4 fully saturated rings. The first-order valence-electron chi connectivity index (χ1n) is 10.8. The van der Waals surface area contributed by atoms with Gasteiger partial charge in [-0.25, -0.2) is 4.39 Å². The summed E-state index contributed by atoms with van der Waals surface area (Å²) in [4.78, 5) is 23.6. The van der Waals surface area contributed by atoms with E-state index in [2.05, 4.69) is 6.92 Å². The molecule has 27 heavy (non-hydrogen) atoms. The number of esters is 1. The molecule has 4 aliphatic rings. The SMILES string of the molecule is CC(=O)O[C@H]1CC[C@H]2[C@@H](CC[C@H]3[C@@H]4CC[C@H](C(=O)CO)[C@@]4(C)CC[C@]23F)C1.